The predicted molar refractivity (Wildman–Crippen MR) is 88.3 cm³/mol. The molecule has 0 aliphatic heterocycles. The van der Waals surface area contributed by atoms with Crippen molar-refractivity contribution in [2.75, 3.05) is 0 Å². The monoisotopic (exact) mass is 337 g/mol. The minimum atomic E-state index is -0.437. The molecule has 0 saturated heterocycles. The van der Waals surface area contributed by atoms with Gasteiger partial charge >= 0.3 is 5.82 Å². The fourth-order valence-electron chi connectivity index (χ4n) is 2.26. The number of unbranched alkanes of at least 4 members (excludes halogenated alkanes) is 1. The van der Waals surface area contributed by atoms with Crippen molar-refractivity contribution in [1.29, 1.82) is 0 Å². The van der Waals surface area contributed by atoms with Gasteiger partial charge in [-0.2, -0.15) is 0 Å². The number of nitro groups is 1. The maximum absolute atomic E-state index is 13.0. The summed E-state index contributed by atoms with van der Waals surface area (Å²) in [5, 5.41) is 11.9. The molecule has 0 saturated carbocycles. The first-order valence-electron chi connectivity index (χ1n) is 7.74. The number of halogens is 1. The van der Waals surface area contributed by atoms with Gasteiger partial charge in [0, 0.05) is 17.9 Å². The van der Waals surface area contributed by atoms with Crippen LogP contribution in [0.4, 0.5) is 10.2 Å². The van der Waals surface area contributed by atoms with Crippen LogP contribution in [0, 0.1) is 15.9 Å². The number of hydrogen-bond acceptors (Lipinski definition) is 4. The third-order valence-electron chi connectivity index (χ3n) is 3.39. The predicted octanol–water partition coefficient (Wildman–Crippen LogP) is 4.83. The lowest BCUT2D eigenvalue weighted by Gasteiger charge is -2.08. The molecule has 0 spiro atoms. The summed E-state index contributed by atoms with van der Waals surface area (Å²) in [6.45, 7) is 4.81. The Bertz CT molecular complexity index is 671. The highest BCUT2D eigenvalue weighted by Gasteiger charge is 2.27. The summed E-state index contributed by atoms with van der Waals surface area (Å²) in [7, 11) is 0. The van der Waals surface area contributed by atoms with Gasteiger partial charge in [0.25, 0.3) is 0 Å². The topological polar surface area (TPSA) is 61.0 Å². The van der Waals surface area contributed by atoms with Gasteiger partial charge in [0.2, 0.25) is 5.82 Å². The van der Waals surface area contributed by atoms with E-state index in [1.54, 1.807) is 12.1 Å². The molecule has 7 heteroatoms. The molecule has 5 nitrogen and oxygen atoms in total. The van der Waals surface area contributed by atoms with Gasteiger partial charge in [-0.3, -0.25) is 4.57 Å². The fourth-order valence-corrected chi connectivity index (χ4v) is 3.28. The van der Waals surface area contributed by atoms with Crippen LogP contribution in [0.5, 0.6) is 0 Å². The smallest absolute Gasteiger partial charge is 0.358 e. The van der Waals surface area contributed by atoms with Crippen molar-refractivity contribution >= 4 is 17.6 Å². The third-order valence-corrected chi connectivity index (χ3v) is 4.50. The average molecular weight is 337 g/mol. The fraction of sp³-hybridized carbons (Fsp3) is 0.438. The van der Waals surface area contributed by atoms with E-state index in [4.69, 9.17) is 0 Å². The number of imidazole rings is 1. The molecule has 0 amide bonds. The molecule has 0 N–H and O–H groups in total. The largest absolute Gasteiger partial charge is 0.396 e. The van der Waals surface area contributed by atoms with Gasteiger partial charge in [-0.05, 0) is 47.0 Å². The molecule has 0 bridgehead atoms. The van der Waals surface area contributed by atoms with Crippen LogP contribution in [-0.2, 0) is 13.0 Å². The van der Waals surface area contributed by atoms with Crippen LogP contribution in [0.2, 0.25) is 0 Å². The van der Waals surface area contributed by atoms with Crippen LogP contribution in [0.3, 0.4) is 0 Å². The van der Waals surface area contributed by atoms with E-state index < -0.39 is 4.92 Å². The molecule has 0 radical (unpaired) electrons. The van der Waals surface area contributed by atoms with Gasteiger partial charge in [-0.25, -0.2) is 4.39 Å². The summed E-state index contributed by atoms with van der Waals surface area (Å²) in [5.41, 5.74) is 0. The van der Waals surface area contributed by atoms with E-state index in [0.29, 0.717) is 18.0 Å². The number of hydrogen-bond donors (Lipinski definition) is 0. The van der Waals surface area contributed by atoms with E-state index in [0.717, 1.165) is 30.0 Å². The quantitative estimate of drug-likeness (QED) is 0.511. The van der Waals surface area contributed by atoms with E-state index >= 15 is 0 Å². The molecule has 2 aromatic rings. The summed E-state index contributed by atoms with van der Waals surface area (Å²) < 4.78 is 15.0. The highest BCUT2D eigenvalue weighted by Crippen LogP contribution is 2.36. The molecule has 0 unspecified atom stereocenters. The van der Waals surface area contributed by atoms with Crippen molar-refractivity contribution in [3.8, 4) is 0 Å². The van der Waals surface area contributed by atoms with E-state index in [2.05, 4.69) is 11.9 Å². The van der Waals surface area contributed by atoms with Gasteiger partial charge in [0.1, 0.15) is 5.82 Å². The van der Waals surface area contributed by atoms with Gasteiger partial charge in [-0.1, -0.05) is 32.0 Å². The first kappa shape index (κ1) is 17.5. The highest BCUT2D eigenvalue weighted by atomic mass is 32.2. The lowest BCUT2D eigenvalue weighted by atomic mass is 10.3. The van der Waals surface area contributed by atoms with Gasteiger partial charge in [-0.15, -0.1) is 0 Å². The molecule has 2 rings (SSSR count). The van der Waals surface area contributed by atoms with Crippen LogP contribution in [-0.4, -0.2) is 14.5 Å². The average Bonchev–Trinajstić information content (AvgIpc) is 2.86. The molecule has 0 aliphatic carbocycles. The first-order valence-corrected chi connectivity index (χ1v) is 8.55. The van der Waals surface area contributed by atoms with Crippen molar-refractivity contribution in [2.24, 2.45) is 0 Å². The lowest BCUT2D eigenvalue weighted by Crippen LogP contribution is -2.05. The van der Waals surface area contributed by atoms with Crippen LogP contribution < -0.4 is 0 Å². The zero-order valence-electron chi connectivity index (χ0n) is 13.3. The molecule has 0 aliphatic rings. The summed E-state index contributed by atoms with van der Waals surface area (Å²) in [5.74, 6) is 0.311. The van der Waals surface area contributed by atoms with E-state index in [-0.39, 0.29) is 11.6 Å². The second-order valence-corrected chi connectivity index (χ2v) is 6.29. The second-order valence-electron chi connectivity index (χ2n) is 5.23. The molecule has 23 heavy (non-hydrogen) atoms. The number of nitrogens with zero attached hydrogens (tertiary/aromatic N) is 3. The lowest BCUT2D eigenvalue weighted by molar-refractivity contribution is -0.392. The minimum absolute atomic E-state index is 0.112. The summed E-state index contributed by atoms with van der Waals surface area (Å²) >= 11 is 1.27. The standard InChI is InChI=1S/C16H20FN3O2S/c1-3-5-11-19-14(6-4-2)18-15(20(21)22)16(19)23-13-9-7-12(17)8-10-13/h7-10H,3-6,11H2,1-2H3. The Balaban J connectivity index is 2.43. The number of rotatable bonds is 8. The Morgan fingerprint density at radius 1 is 1.26 bits per heavy atom. The molecule has 1 aromatic heterocycles. The Hall–Kier alpha value is -1.89. The minimum Gasteiger partial charge on any atom is -0.358 e. The number of benzene rings is 1. The van der Waals surface area contributed by atoms with Crippen molar-refractivity contribution in [3.05, 3.63) is 46.0 Å². The molecule has 124 valence electrons. The second kappa shape index (κ2) is 8.10. The van der Waals surface area contributed by atoms with Crippen LogP contribution in [0.15, 0.2) is 34.2 Å². The number of aryl methyl sites for hydroxylation is 1. The molecule has 1 heterocycles. The summed E-state index contributed by atoms with van der Waals surface area (Å²) in [4.78, 5) is 15.9. The summed E-state index contributed by atoms with van der Waals surface area (Å²) in [6, 6.07) is 5.96. The first-order chi connectivity index (χ1) is 11.1. The highest BCUT2D eigenvalue weighted by molar-refractivity contribution is 7.99. The normalized spacial score (nSPS) is 10.9. The number of aromatic nitrogens is 2. The maximum Gasteiger partial charge on any atom is 0.396 e. The van der Waals surface area contributed by atoms with E-state index in [9.17, 15) is 14.5 Å². The molecule has 1 aromatic carbocycles. The van der Waals surface area contributed by atoms with Crippen LogP contribution in [0.25, 0.3) is 0 Å². The Kier molecular flexibility index (Phi) is 6.15. The molecule has 0 fully saturated rings. The van der Waals surface area contributed by atoms with E-state index in [1.165, 1.54) is 23.9 Å². The van der Waals surface area contributed by atoms with Gasteiger partial charge in [0.05, 0.1) is 0 Å². The Morgan fingerprint density at radius 2 is 1.96 bits per heavy atom. The maximum atomic E-state index is 13.0. The van der Waals surface area contributed by atoms with Gasteiger partial charge < -0.3 is 10.1 Å². The zero-order chi connectivity index (χ0) is 16.8. The third kappa shape index (κ3) is 4.31. The molecular weight excluding hydrogens is 317 g/mol. The van der Waals surface area contributed by atoms with E-state index in [1.807, 2.05) is 11.5 Å². The Morgan fingerprint density at radius 3 is 2.52 bits per heavy atom. The van der Waals surface area contributed by atoms with Crippen molar-refractivity contribution in [2.45, 2.75) is 56.0 Å². The SMILES string of the molecule is CCCCn1c(CCC)nc([N+](=O)[O-])c1Sc1ccc(F)cc1. The molecule has 0 atom stereocenters. The Labute approximate surface area is 139 Å². The van der Waals surface area contributed by atoms with Crippen LogP contribution >= 0.6 is 11.8 Å². The molecular formula is C16H20FN3O2S. The van der Waals surface area contributed by atoms with Gasteiger partial charge in [0.15, 0.2) is 5.03 Å². The van der Waals surface area contributed by atoms with Crippen molar-refractivity contribution < 1.29 is 9.31 Å². The van der Waals surface area contributed by atoms with Crippen molar-refractivity contribution in [1.82, 2.24) is 9.55 Å². The zero-order valence-corrected chi connectivity index (χ0v) is 14.1. The summed E-state index contributed by atoms with van der Waals surface area (Å²) in [6.07, 6.45) is 3.51. The van der Waals surface area contributed by atoms with Crippen molar-refractivity contribution in [3.63, 3.8) is 0 Å². The van der Waals surface area contributed by atoms with Crippen LogP contribution in [0.1, 0.15) is 38.9 Å².